The van der Waals surface area contributed by atoms with Gasteiger partial charge in [-0.15, -0.1) is 0 Å². The lowest BCUT2D eigenvalue weighted by molar-refractivity contribution is 0.492. The van der Waals surface area contributed by atoms with Crippen molar-refractivity contribution in [2.45, 2.75) is 38.0 Å². The van der Waals surface area contributed by atoms with Crippen LogP contribution in [0.3, 0.4) is 0 Å². The van der Waals surface area contributed by atoms with Crippen LogP contribution in [0.25, 0.3) is 33.8 Å². The van der Waals surface area contributed by atoms with Gasteiger partial charge >= 0.3 is 0 Å². The number of nitrogens with one attached hydrogen (secondary N) is 1. The maximum atomic E-state index is 10.2. The third-order valence-corrected chi connectivity index (χ3v) is 7.83. The summed E-state index contributed by atoms with van der Waals surface area (Å²) in [5.74, 6) is 1.63. The minimum atomic E-state index is -2.62. The van der Waals surface area contributed by atoms with Gasteiger partial charge in [-0.2, -0.15) is 10.6 Å². The highest BCUT2D eigenvalue weighted by Gasteiger charge is 2.26. The van der Waals surface area contributed by atoms with E-state index in [2.05, 4.69) is 43.1 Å². The summed E-state index contributed by atoms with van der Waals surface area (Å²) in [5, 5.41) is 0. The maximum Gasteiger partial charge on any atom is 0.109 e. The van der Waals surface area contributed by atoms with Crippen LogP contribution in [-0.4, -0.2) is 29.8 Å². The van der Waals surface area contributed by atoms with Crippen LogP contribution in [0.5, 0.6) is 0 Å². The van der Waals surface area contributed by atoms with Gasteiger partial charge in [0.2, 0.25) is 0 Å². The monoisotopic (exact) mass is 445 g/mol. The van der Waals surface area contributed by atoms with E-state index >= 15 is 0 Å². The van der Waals surface area contributed by atoms with Gasteiger partial charge in [-0.05, 0) is 60.4 Å². The zero-order chi connectivity index (χ0) is 22.5. The molecule has 3 heterocycles. The van der Waals surface area contributed by atoms with Crippen molar-refractivity contribution in [2.24, 2.45) is 0 Å². The van der Waals surface area contributed by atoms with Crippen molar-refractivity contribution in [3.8, 4) is 33.8 Å². The van der Waals surface area contributed by atoms with Crippen molar-refractivity contribution in [1.82, 2.24) is 15.0 Å². The smallest absolute Gasteiger partial charge is 0.109 e. The molecule has 5 nitrogen and oxygen atoms in total. The van der Waals surface area contributed by atoms with E-state index in [1.807, 2.05) is 43.3 Å². The number of H-pyrrole nitrogens is 1. The molecule has 32 heavy (non-hydrogen) atoms. The largest absolute Gasteiger partial charge is 0.340 e. The molecule has 0 amide bonds. The number of hydrogen-bond donors (Lipinski definition) is 3. The summed E-state index contributed by atoms with van der Waals surface area (Å²) in [7, 11) is -2.62. The van der Waals surface area contributed by atoms with E-state index in [9.17, 15) is 9.11 Å². The van der Waals surface area contributed by atoms with E-state index in [0.29, 0.717) is 17.1 Å². The Morgan fingerprint density at radius 2 is 1.66 bits per heavy atom. The molecule has 0 aliphatic carbocycles. The molecule has 1 aliphatic rings. The first-order valence-corrected chi connectivity index (χ1v) is 12.6. The van der Waals surface area contributed by atoms with E-state index in [0.717, 1.165) is 50.9 Å². The van der Waals surface area contributed by atoms with Gasteiger partial charge in [0.1, 0.15) is 5.82 Å². The van der Waals surface area contributed by atoms with E-state index in [4.69, 9.17) is 9.97 Å². The molecule has 3 N–H and O–H groups in total. The zero-order valence-electron chi connectivity index (χ0n) is 18.5. The molecule has 1 aliphatic heterocycles. The molecule has 0 radical (unpaired) electrons. The predicted molar refractivity (Wildman–Crippen MR) is 131 cm³/mol. The van der Waals surface area contributed by atoms with E-state index in [1.165, 1.54) is 0 Å². The first-order valence-electron chi connectivity index (χ1n) is 10.9. The molecule has 2 aromatic heterocycles. The average molecular weight is 446 g/mol. The number of aromatic amines is 1. The Hall–Kier alpha value is -2.93. The number of rotatable bonds is 4. The number of pyridine rings is 1. The van der Waals surface area contributed by atoms with Gasteiger partial charge in [0, 0.05) is 22.9 Å². The fourth-order valence-corrected chi connectivity index (χ4v) is 5.81. The molecule has 2 aromatic carbocycles. The lowest BCUT2D eigenvalue weighted by Gasteiger charge is -2.27. The van der Waals surface area contributed by atoms with Crippen LogP contribution in [0.15, 0.2) is 65.6 Å². The quantitative estimate of drug-likeness (QED) is 0.319. The number of hydrogen-bond acceptors (Lipinski definition) is 4. The molecule has 164 valence electrons. The summed E-state index contributed by atoms with van der Waals surface area (Å²) < 4.78 is 20.5. The van der Waals surface area contributed by atoms with Gasteiger partial charge < -0.3 is 4.98 Å². The van der Waals surface area contributed by atoms with E-state index < -0.39 is 10.6 Å². The second kappa shape index (κ2) is 7.89. The number of nitrogens with zero attached hydrogens (tertiary/aromatic N) is 2. The average Bonchev–Trinajstić information content (AvgIpc) is 3.35. The van der Waals surface area contributed by atoms with E-state index in [1.54, 1.807) is 0 Å². The second-order valence-corrected chi connectivity index (χ2v) is 10.9. The van der Waals surface area contributed by atoms with Gasteiger partial charge in [0.15, 0.2) is 0 Å². The summed E-state index contributed by atoms with van der Waals surface area (Å²) in [6, 6.07) is 20.3. The number of aryl methyl sites for hydroxylation is 2. The Labute approximate surface area is 190 Å². The van der Waals surface area contributed by atoms with Crippen LogP contribution >= 0.6 is 10.6 Å². The fraction of sp³-hybridized carbons (Fsp3) is 0.231. The van der Waals surface area contributed by atoms with Crippen LogP contribution in [0.2, 0.25) is 0 Å². The summed E-state index contributed by atoms with van der Waals surface area (Å²) in [6.07, 6.45) is 0.700. The molecular weight excluding hydrogens is 418 g/mol. The van der Waals surface area contributed by atoms with Crippen LogP contribution in [0.1, 0.15) is 36.8 Å². The summed E-state index contributed by atoms with van der Waals surface area (Å²) >= 11 is 0. The van der Waals surface area contributed by atoms with Gasteiger partial charge in [-0.3, -0.25) is 14.1 Å². The van der Waals surface area contributed by atoms with Crippen molar-refractivity contribution in [2.75, 3.05) is 5.75 Å². The van der Waals surface area contributed by atoms with Crippen LogP contribution in [-0.2, 0) is 6.42 Å². The molecule has 6 heteroatoms. The lowest BCUT2D eigenvalue weighted by Crippen LogP contribution is -1.95. The highest BCUT2D eigenvalue weighted by atomic mass is 32.3. The number of benzene rings is 2. The Morgan fingerprint density at radius 1 is 0.906 bits per heavy atom. The Morgan fingerprint density at radius 3 is 2.44 bits per heavy atom. The second-order valence-electron chi connectivity index (χ2n) is 8.69. The molecular formula is C26H27N3O2S. The highest BCUT2D eigenvalue weighted by Crippen LogP contribution is 2.55. The van der Waals surface area contributed by atoms with Crippen molar-refractivity contribution in [1.29, 1.82) is 0 Å². The molecule has 0 atom stereocenters. The van der Waals surface area contributed by atoms with E-state index in [-0.39, 0.29) is 5.92 Å². The molecule has 4 aromatic rings. The van der Waals surface area contributed by atoms with Gasteiger partial charge in [-0.25, -0.2) is 4.98 Å². The number of fused-ring (bicyclic) bond motifs is 1. The van der Waals surface area contributed by atoms with Gasteiger partial charge in [-0.1, -0.05) is 44.2 Å². The molecule has 5 rings (SSSR count). The number of aromatic nitrogens is 3. The minimum Gasteiger partial charge on any atom is -0.340 e. The normalized spacial score (nSPS) is 15.7. The fourth-order valence-electron chi connectivity index (χ4n) is 4.22. The first-order chi connectivity index (χ1) is 15.3. The molecule has 0 saturated carbocycles. The maximum absolute atomic E-state index is 10.2. The SMILES string of the molecule is Cc1cccc(-c2[nH]c(C(C)C)nc2-c2cccc(-c3ccc4c(c3)CCS4(O)O)c2)n1. The first kappa shape index (κ1) is 20.9. The predicted octanol–water partition coefficient (Wildman–Crippen LogP) is 6.90. The van der Waals surface area contributed by atoms with Crippen LogP contribution in [0, 0.1) is 6.92 Å². The standard InChI is InChI=1S/C26H27N3O2S/c1-16(2)26-28-24(25(29-26)22-9-4-6-17(3)27-22)21-8-5-7-18(15-21)19-10-11-23-20(14-19)12-13-32(23,30)31/h4-11,14-16,30-31H,12-13H2,1-3H3,(H,28,29). The summed E-state index contributed by atoms with van der Waals surface area (Å²) in [5.41, 5.74) is 7.86. The lowest BCUT2D eigenvalue weighted by atomic mass is 9.98. The summed E-state index contributed by atoms with van der Waals surface area (Å²) in [6.45, 7) is 6.25. The topological polar surface area (TPSA) is 82.0 Å². The van der Waals surface area contributed by atoms with Gasteiger partial charge in [0.05, 0.1) is 22.0 Å². The van der Waals surface area contributed by atoms with Crippen LogP contribution < -0.4 is 0 Å². The summed E-state index contributed by atoms with van der Waals surface area (Å²) in [4.78, 5) is 13.9. The van der Waals surface area contributed by atoms with Crippen molar-refractivity contribution < 1.29 is 9.11 Å². The Balaban J connectivity index is 1.60. The molecule has 0 bridgehead atoms. The van der Waals surface area contributed by atoms with Crippen LogP contribution in [0.4, 0.5) is 0 Å². The van der Waals surface area contributed by atoms with Crippen molar-refractivity contribution in [3.05, 3.63) is 77.7 Å². The zero-order valence-corrected chi connectivity index (χ0v) is 19.3. The third-order valence-electron chi connectivity index (χ3n) is 5.95. The van der Waals surface area contributed by atoms with Crippen molar-refractivity contribution >= 4 is 10.6 Å². The molecule has 0 unspecified atom stereocenters. The minimum absolute atomic E-state index is 0.270. The highest BCUT2D eigenvalue weighted by molar-refractivity contribution is 8.24. The molecule has 0 spiro atoms. The number of imidazole rings is 1. The van der Waals surface area contributed by atoms with Gasteiger partial charge in [0.25, 0.3) is 0 Å². The Bertz CT molecular complexity index is 1310. The third kappa shape index (κ3) is 3.75. The molecule has 0 fully saturated rings. The molecule has 0 saturated heterocycles. The van der Waals surface area contributed by atoms with Crippen molar-refractivity contribution in [3.63, 3.8) is 0 Å². The Kier molecular flexibility index (Phi) is 5.16.